The number of carbonyl (C=O) groups is 1. The number of hydrogen-bond acceptors (Lipinski definition) is 6. The van der Waals surface area contributed by atoms with Gasteiger partial charge in [-0.2, -0.15) is 0 Å². The first-order valence-electron chi connectivity index (χ1n) is 11.5. The molecule has 0 bridgehead atoms. The molecule has 0 aliphatic carbocycles. The van der Waals surface area contributed by atoms with Gasteiger partial charge in [-0.3, -0.25) is 14.2 Å². The van der Waals surface area contributed by atoms with E-state index in [1.54, 1.807) is 13.0 Å². The fourth-order valence-electron chi connectivity index (χ4n) is 3.77. The van der Waals surface area contributed by atoms with Crippen molar-refractivity contribution in [3.05, 3.63) is 94.5 Å². The Morgan fingerprint density at radius 1 is 1.05 bits per heavy atom. The predicted octanol–water partition coefficient (Wildman–Crippen LogP) is 4.90. The molecule has 0 radical (unpaired) electrons. The van der Waals surface area contributed by atoms with Crippen LogP contribution < -0.4 is 31.4 Å². The van der Waals surface area contributed by atoms with Crippen LogP contribution in [0.4, 0.5) is 20.3 Å². The molecule has 11 heteroatoms. The number of pyridine rings is 2. The molecule has 4 rings (SSSR count). The summed E-state index contributed by atoms with van der Waals surface area (Å²) in [5.74, 6) is -1.28. The van der Waals surface area contributed by atoms with Crippen LogP contribution in [0.5, 0.6) is 17.2 Å². The lowest BCUT2D eigenvalue weighted by molar-refractivity contribution is 0.102. The molecule has 8 nitrogen and oxygen atoms in total. The Bertz CT molecular complexity index is 1540. The zero-order valence-corrected chi connectivity index (χ0v) is 21.8. The van der Waals surface area contributed by atoms with Crippen LogP contribution in [0.25, 0.3) is 5.69 Å². The fourth-order valence-corrected chi connectivity index (χ4v) is 4.84. The van der Waals surface area contributed by atoms with Crippen molar-refractivity contribution in [3.63, 3.8) is 0 Å². The highest BCUT2D eigenvalue weighted by atomic mass is 31.1. The van der Waals surface area contributed by atoms with Gasteiger partial charge in [-0.05, 0) is 68.8 Å². The number of amides is 1. The Hall–Kier alpha value is -4.30. The van der Waals surface area contributed by atoms with E-state index in [0.717, 1.165) is 6.07 Å². The van der Waals surface area contributed by atoms with Crippen LogP contribution in [0.2, 0.25) is 0 Å². The predicted molar refractivity (Wildman–Crippen MR) is 145 cm³/mol. The standard InChI is InChI=1S/C27H25F2N4O4P/c1-4-36-21-12-14-33(18-8-5-16(28)6-9-18)27(35)23(21)26(34)32-17-7-10-20(19(29)15-17)37-22-11-13-31-25(30)24(22)38(2)3/h5-15H,4H2,1-3H3,(H2,30,31)(H,32,34). The van der Waals surface area contributed by atoms with Gasteiger partial charge in [0.2, 0.25) is 0 Å². The molecule has 1 amide bonds. The molecule has 196 valence electrons. The summed E-state index contributed by atoms with van der Waals surface area (Å²) >= 11 is 0. The second-order valence-electron chi connectivity index (χ2n) is 8.28. The third-order valence-electron chi connectivity index (χ3n) is 5.46. The monoisotopic (exact) mass is 538 g/mol. The maximum atomic E-state index is 15.0. The van der Waals surface area contributed by atoms with E-state index >= 15 is 0 Å². The zero-order chi connectivity index (χ0) is 27.4. The Morgan fingerprint density at radius 3 is 2.45 bits per heavy atom. The van der Waals surface area contributed by atoms with Crippen molar-refractivity contribution >= 4 is 30.6 Å². The highest BCUT2D eigenvalue weighted by Crippen LogP contribution is 2.35. The number of nitrogens with two attached hydrogens (primary N) is 1. The molecule has 0 saturated heterocycles. The number of halogens is 2. The summed E-state index contributed by atoms with van der Waals surface area (Å²) in [6.07, 6.45) is 2.91. The Labute approximate surface area is 218 Å². The molecule has 0 aliphatic rings. The fraction of sp³-hybridized carbons (Fsp3) is 0.148. The van der Waals surface area contributed by atoms with E-state index in [9.17, 15) is 18.4 Å². The molecular formula is C27H25F2N4O4P. The van der Waals surface area contributed by atoms with Crippen molar-refractivity contribution < 1.29 is 23.0 Å². The summed E-state index contributed by atoms with van der Waals surface area (Å²) in [7, 11) is -0.672. The van der Waals surface area contributed by atoms with Gasteiger partial charge in [-0.25, -0.2) is 13.8 Å². The SMILES string of the molecule is CCOc1ccn(-c2ccc(F)cc2)c(=O)c1C(=O)Nc1ccc(Oc2ccnc(N)c2P(C)C)c(F)c1. The Balaban J connectivity index is 1.63. The molecule has 0 fully saturated rings. The third kappa shape index (κ3) is 5.65. The smallest absolute Gasteiger partial charge is 0.271 e. The van der Waals surface area contributed by atoms with Crippen molar-refractivity contribution in [2.24, 2.45) is 0 Å². The minimum atomic E-state index is -0.796. The van der Waals surface area contributed by atoms with Crippen molar-refractivity contribution in [1.29, 1.82) is 0 Å². The van der Waals surface area contributed by atoms with E-state index in [0.29, 0.717) is 22.6 Å². The molecule has 3 N–H and O–H groups in total. The highest BCUT2D eigenvalue weighted by Gasteiger charge is 2.21. The minimum absolute atomic E-state index is 0.0622. The number of rotatable bonds is 8. The third-order valence-corrected chi connectivity index (χ3v) is 6.80. The zero-order valence-electron chi connectivity index (χ0n) is 20.9. The quantitative estimate of drug-likeness (QED) is 0.309. The van der Waals surface area contributed by atoms with Crippen LogP contribution in [0, 0.1) is 11.6 Å². The number of ether oxygens (including phenoxy) is 2. The molecule has 0 aliphatic heterocycles. The van der Waals surface area contributed by atoms with Gasteiger partial charge in [-0.1, -0.05) is 7.92 Å². The Kier molecular flexibility index (Phi) is 8.02. The lowest BCUT2D eigenvalue weighted by atomic mass is 10.2. The molecule has 38 heavy (non-hydrogen) atoms. The maximum Gasteiger partial charge on any atom is 0.271 e. The summed E-state index contributed by atoms with van der Waals surface area (Å²) < 4.78 is 40.8. The maximum absolute atomic E-state index is 15.0. The van der Waals surface area contributed by atoms with Gasteiger partial charge in [0, 0.05) is 29.8 Å². The van der Waals surface area contributed by atoms with Gasteiger partial charge >= 0.3 is 0 Å². The topological polar surface area (TPSA) is 108 Å². The normalized spacial score (nSPS) is 10.9. The second kappa shape index (κ2) is 11.4. The van der Waals surface area contributed by atoms with Crippen molar-refractivity contribution in [2.75, 3.05) is 31.0 Å². The van der Waals surface area contributed by atoms with Crippen LogP contribution in [0.3, 0.4) is 0 Å². The van der Waals surface area contributed by atoms with E-state index in [-0.39, 0.29) is 29.4 Å². The minimum Gasteiger partial charge on any atom is -0.493 e. The number of benzene rings is 2. The van der Waals surface area contributed by atoms with E-state index < -0.39 is 31.0 Å². The van der Waals surface area contributed by atoms with Crippen LogP contribution in [0.1, 0.15) is 17.3 Å². The lowest BCUT2D eigenvalue weighted by Crippen LogP contribution is -2.29. The van der Waals surface area contributed by atoms with Gasteiger partial charge < -0.3 is 20.5 Å². The van der Waals surface area contributed by atoms with Gasteiger partial charge in [0.1, 0.15) is 28.7 Å². The van der Waals surface area contributed by atoms with Crippen LogP contribution in [0.15, 0.2) is 71.8 Å². The van der Waals surface area contributed by atoms with E-state index in [2.05, 4.69) is 10.3 Å². The van der Waals surface area contributed by atoms with Gasteiger partial charge in [0.05, 0.1) is 11.9 Å². The number of nitrogens with one attached hydrogen (secondary N) is 1. The summed E-state index contributed by atoms with van der Waals surface area (Å²) in [5.41, 5.74) is 5.47. The number of carbonyl (C=O) groups excluding carboxylic acids is 1. The lowest BCUT2D eigenvalue weighted by Gasteiger charge is -2.16. The average Bonchev–Trinajstić information content (AvgIpc) is 2.86. The number of hydrogen-bond donors (Lipinski definition) is 2. The molecule has 2 aromatic heterocycles. The number of aromatic nitrogens is 2. The number of anilines is 2. The molecule has 0 spiro atoms. The van der Waals surface area contributed by atoms with Crippen LogP contribution in [-0.4, -0.2) is 35.4 Å². The summed E-state index contributed by atoms with van der Waals surface area (Å²) in [6, 6.07) is 12.2. The average molecular weight is 538 g/mol. The second-order valence-corrected chi connectivity index (χ2v) is 10.5. The van der Waals surface area contributed by atoms with Crippen molar-refractivity contribution in [3.8, 4) is 22.9 Å². The van der Waals surface area contributed by atoms with Gasteiger partial charge in [0.25, 0.3) is 11.5 Å². The van der Waals surface area contributed by atoms with Crippen molar-refractivity contribution in [1.82, 2.24) is 9.55 Å². The number of nitrogen functional groups attached to an aromatic ring is 1. The number of nitrogens with zero attached hydrogens (tertiary/aromatic N) is 2. The molecular weight excluding hydrogens is 513 g/mol. The molecule has 0 saturated carbocycles. The first-order valence-corrected chi connectivity index (χ1v) is 13.8. The van der Waals surface area contributed by atoms with E-state index in [1.807, 2.05) is 13.3 Å². The molecule has 4 aromatic rings. The van der Waals surface area contributed by atoms with Gasteiger partial charge in [0.15, 0.2) is 11.6 Å². The highest BCUT2D eigenvalue weighted by molar-refractivity contribution is 7.64. The summed E-state index contributed by atoms with van der Waals surface area (Å²) in [6.45, 7) is 5.88. The molecule has 2 heterocycles. The van der Waals surface area contributed by atoms with E-state index in [1.165, 1.54) is 59.4 Å². The van der Waals surface area contributed by atoms with Gasteiger partial charge in [-0.15, -0.1) is 0 Å². The largest absolute Gasteiger partial charge is 0.493 e. The first kappa shape index (κ1) is 26.8. The summed E-state index contributed by atoms with van der Waals surface area (Å²) in [4.78, 5) is 30.5. The molecule has 0 unspecified atom stereocenters. The van der Waals surface area contributed by atoms with Crippen LogP contribution >= 0.6 is 7.92 Å². The first-order chi connectivity index (χ1) is 18.2. The Morgan fingerprint density at radius 2 is 1.79 bits per heavy atom. The van der Waals surface area contributed by atoms with Crippen molar-refractivity contribution in [2.45, 2.75) is 6.92 Å². The van der Waals surface area contributed by atoms with E-state index in [4.69, 9.17) is 15.2 Å². The van der Waals surface area contributed by atoms with Crippen LogP contribution in [-0.2, 0) is 0 Å². The molecule has 2 aromatic carbocycles. The molecule has 0 atom stereocenters. The summed E-state index contributed by atoms with van der Waals surface area (Å²) in [5, 5.41) is 3.25.